The first kappa shape index (κ1) is 20.9. The number of hydrogen-bond donors (Lipinski definition) is 0. The molecule has 1 aliphatic rings. The Bertz CT molecular complexity index is 1290. The van der Waals surface area contributed by atoms with Crippen LogP contribution in [-0.2, 0) is 23.5 Å². The van der Waals surface area contributed by atoms with Crippen molar-refractivity contribution in [1.82, 2.24) is 19.7 Å². The lowest BCUT2D eigenvalue weighted by Gasteiger charge is -2.30. The zero-order valence-electron chi connectivity index (χ0n) is 17.9. The number of thiophene rings is 1. The zero-order chi connectivity index (χ0) is 21.8. The molecule has 5 nitrogen and oxygen atoms in total. The molecule has 5 rings (SSSR count). The Hall–Kier alpha value is -1.93. The maximum Gasteiger partial charge on any atom is 0.253 e. The Morgan fingerprint density at radius 1 is 1.23 bits per heavy atom. The summed E-state index contributed by atoms with van der Waals surface area (Å²) >= 11 is 9.83. The van der Waals surface area contributed by atoms with E-state index in [1.165, 1.54) is 10.4 Å². The van der Waals surface area contributed by atoms with Crippen molar-refractivity contribution in [3.8, 4) is 5.95 Å². The standard InChI is InChI=1S/C23H23ClN4OS2/c1-13-9-14(2)28(27-13)22-25-20(30-12-15-7-5-6-8-17(15)24)19-16-10-23(3,4)29-11-18(16)31-21(19)26-22/h5-9H,10-12H2,1-4H3. The van der Waals surface area contributed by atoms with Gasteiger partial charge < -0.3 is 4.74 Å². The smallest absolute Gasteiger partial charge is 0.253 e. The molecule has 0 bridgehead atoms. The SMILES string of the molecule is Cc1cc(C)n(-c2nc(SCc3ccccc3Cl)c3c4c(sc3n2)COC(C)(C)C4)n1. The minimum atomic E-state index is -0.194. The summed E-state index contributed by atoms with van der Waals surface area (Å²) in [5, 5.41) is 7.51. The fourth-order valence-corrected chi connectivity index (χ4v) is 6.39. The van der Waals surface area contributed by atoms with Crippen molar-refractivity contribution < 1.29 is 4.74 Å². The molecule has 8 heteroatoms. The third-order valence-electron chi connectivity index (χ3n) is 5.41. The van der Waals surface area contributed by atoms with E-state index in [1.807, 2.05) is 42.8 Å². The number of nitrogens with zero attached hydrogens (tertiary/aromatic N) is 4. The fraction of sp³-hybridized carbons (Fsp3) is 0.348. The van der Waals surface area contributed by atoms with Crippen LogP contribution in [0.25, 0.3) is 16.2 Å². The van der Waals surface area contributed by atoms with Crippen molar-refractivity contribution in [3.63, 3.8) is 0 Å². The Kier molecular flexibility index (Phi) is 5.33. The zero-order valence-corrected chi connectivity index (χ0v) is 20.3. The quantitative estimate of drug-likeness (QED) is 0.259. The molecular formula is C23H23ClN4OS2. The van der Waals surface area contributed by atoms with E-state index >= 15 is 0 Å². The molecule has 0 fully saturated rings. The number of aromatic nitrogens is 4. The van der Waals surface area contributed by atoms with Crippen LogP contribution in [0.15, 0.2) is 35.4 Å². The Balaban J connectivity index is 1.65. The van der Waals surface area contributed by atoms with E-state index in [0.29, 0.717) is 12.6 Å². The molecule has 1 aliphatic heterocycles. The van der Waals surface area contributed by atoms with E-state index in [1.54, 1.807) is 23.1 Å². The molecule has 0 N–H and O–H groups in total. The molecule has 0 unspecified atom stereocenters. The van der Waals surface area contributed by atoms with Gasteiger partial charge in [-0.15, -0.1) is 23.1 Å². The summed E-state index contributed by atoms with van der Waals surface area (Å²) in [6, 6.07) is 10.0. The lowest BCUT2D eigenvalue weighted by Crippen LogP contribution is -2.31. The van der Waals surface area contributed by atoms with Crippen LogP contribution in [0.5, 0.6) is 0 Å². The van der Waals surface area contributed by atoms with Gasteiger partial charge in [-0.3, -0.25) is 0 Å². The number of aryl methyl sites for hydroxylation is 2. The first-order valence-electron chi connectivity index (χ1n) is 10.2. The Morgan fingerprint density at radius 3 is 2.77 bits per heavy atom. The van der Waals surface area contributed by atoms with E-state index in [4.69, 9.17) is 26.3 Å². The summed E-state index contributed by atoms with van der Waals surface area (Å²) in [4.78, 5) is 12.1. The van der Waals surface area contributed by atoms with Gasteiger partial charge in [-0.25, -0.2) is 9.67 Å². The lowest BCUT2D eigenvalue weighted by molar-refractivity contribution is -0.0379. The second-order valence-electron chi connectivity index (χ2n) is 8.46. The van der Waals surface area contributed by atoms with E-state index in [9.17, 15) is 0 Å². The van der Waals surface area contributed by atoms with Gasteiger partial charge in [0.25, 0.3) is 5.95 Å². The van der Waals surface area contributed by atoms with Gasteiger partial charge in [0.15, 0.2) is 0 Å². The van der Waals surface area contributed by atoms with Crippen molar-refractivity contribution in [2.45, 2.75) is 57.1 Å². The van der Waals surface area contributed by atoms with Crippen LogP contribution >= 0.6 is 34.7 Å². The molecule has 4 aromatic rings. The van der Waals surface area contributed by atoms with E-state index < -0.39 is 0 Å². The van der Waals surface area contributed by atoms with Gasteiger partial charge in [-0.2, -0.15) is 10.1 Å². The first-order chi connectivity index (χ1) is 14.8. The summed E-state index contributed by atoms with van der Waals surface area (Å²) in [6.45, 7) is 8.91. The topological polar surface area (TPSA) is 52.8 Å². The molecule has 0 saturated heterocycles. The van der Waals surface area contributed by atoms with Crippen molar-refractivity contribution in [2.24, 2.45) is 0 Å². The van der Waals surface area contributed by atoms with Crippen molar-refractivity contribution >= 4 is 44.9 Å². The minimum absolute atomic E-state index is 0.194. The molecule has 3 aromatic heterocycles. The maximum atomic E-state index is 6.42. The van der Waals surface area contributed by atoms with Crippen molar-refractivity contribution in [3.05, 3.63) is 62.7 Å². The molecule has 0 spiro atoms. The highest BCUT2D eigenvalue weighted by Crippen LogP contribution is 2.42. The number of rotatable bonds is 4. The molecular weight excluding hydrogens is 448 g/mol. The monoisotopic (exact) mass is 470 g/mol. The van der Waals surface area contributed by atoms with Gasteiger partial charge in [0.05, 0.1) is 17.9 Å². The van der Waals surface area contributed by atoms with Crippen molar-refractivity contribution in [2.75, 3.05) is 0 Å². The number of thioether (sulfide) groups is 1. The summed E-state index contributed by atoms with van der Waals surface area (Å²) in [5.41, 5.74) is 4.19. The second kappa shape index (κ2) is 7.89. The van der Waals surface area contributed by atoms with E-state index in [-0.39, 0.29) is 5.60 Å². The molecule has 0 saturated carbocycles. The number of hydrogen-bond acceptors (Lipinski definition) is 6. The highest BCUT2D eigenvalue weighted by Gasteiger charge is 2.31. The number of fused-ring (bicyclic) bond motifs is 3. The van der Waals surface area contributed by atoms with Crippen LogP contribution in [0.3, 0.4) is 0 Å². The van der Waals surface area contributed by atoms with Gasteiger partial charge in [0, 0.05) is 33.2 Å². The van der Waals surface area contributed by atoms with Gasteiger partial charge in [0.2, 0.25) is 0 Å². The van der Waals surface area contributed by atoms with E-state index in [2.05, 4.69) is 25.0 Å². The summed E-state index contributed by atoms with van der Waals surface area (Å²) in [5.74, 6) is 1.35. The summed E-state index contributed by atoms with van der Waals surface area (Å²) in [7, 11) is 0. The fourth-order valence-electron chi connectivity index (χ4n) is 3.89. The number of halogens is 1. The van der Waals surface area contributed by atoms with Crippen LogP contribution in [0.2, 0.25) is 5.02 Å². The van der Waals surface area contributed by atoms with Crippen molar-refractivity contribution in [1.29, 1.82) is 0 Å². The summed E-state index contributed by atoms with van der Waals surface area (Å²) in [6.07, 6.45) is 0.852. The Labute approximate surface area is 194 Å². The largest absolute Gasteiger partial charge is 0.370 e. The van der Waals surface area contributed by atoms with Gasteiger partial charge >= 0.3 is 0 Å². The third kappa shape index (κ3) is 4.00. The average Bonchev–Trinajstić information content (AvgIpc) is 3.24. The molecule has 4 heterocycles. The summed E-state index contributed by atoms with van der Waals surface area (Å²) < 4.78 is 7.89. The lowest BCUT2D eigenvalue weighted by atomic mass is 9.95. The van der Waals surface area contributed by atoms with Crippen LogP contribution in [0, 0.1) is 13.8 Å². The van der Waals surface area contributed by atoms with Gasteiger partial charge in [-0.1, -0.05) is 29.8 Å². The highest BCUT2D eigenvalue weighted by molar-refractivity contribution is 7.98. The molecule has 0 radical (unpaired) electrons. The van der Waals surface area contributed by atoms with Crippen LogP contribution in [0.1, 0.15) is 41.2 Å². The third-order valence-corrected chi connectivity index (χ3v) is 7.90. The minimum Gasteiger partial charge on any atom is -0.370 e. The van der Waals surface area contributed by atoms with Gasteiger partial charge in [0.1, 0.15) is 9.86 Å². The number of ether oxygens (including phenoxy) is 1. The predicted octanol–water partition coefficient (Wildman–Crippen LogP) is 6.29. The second-order valence-corrected chi connectivity index (χ2v) is 10.9. The van der Waals surface area contributed by atoms with Crippen LogP contribution in [-0.4, -0.2) is 25.3 Å². The first-order valence-corrected chi connectivity index (χ1v) is 12.3. The molecule has 31 heavy (non-hydrogen) atoms. The maximum absolute atomic E-state index is 6.42. The predicted molar refractivity (Wildman–Crippen MR) is 128 cm³/mol. The molecule has 160 valence electrons. The molecule has 0 amide bonds. The molecule has 1 aromatic carbocycles. The van der Waals surface area contributed by atoms with Crippen LogP contribution < -0.4 is 0 Å². The Morgan fingerprint density at radius 2 is 2.03 bits per heavy atom. The molecule has 0 aliphatic carbocycles. The van der Waals surface area contributed by atoms with Crippen LogP contribution in [0.4, 0.5) is 0 Å². The normalized spacial score (nSPS) is 15.4. The molecule has 0 atom stereocenters. The average molecular weight is 471 g/mol. The number of benzene rings is 1. The van der Waals surface area contributed by atoms with E-state index in [0.717, 1.165) is 49.4 Å². The highest BCUT2D eigenvalue weighted by atomic mass is 35.5. The van der Waals surface area contributed by atoms with Gasteiger partial charge in [-0.05, 0) is 51.0 Å².